The van der Waals surface area contributed by atoms with E-state index in [1.807, 2.05) is 24.3 Å². The van der Waals surface area contributed by atoms with Crippen LogP contribution < -0.4 is 0 Å². The minimum atomic E-state index is 0.614. The van der Waals surface area contributed by atoms with E-state index in [1.165, 1.54) is 16.0 Å². The van der Waals surface area contributed by atoms with Gasteiger partial charge in [0, 0.05) is 16.5 Å². The molecular formula is C15H10N2S. The lowest BCUT2D eigenvalue weighted by atomic mass is 10.1. The number of fused-ring (bicyclic) bond motifs is 1. The van der Waals surface area contributed by atoms with E-state index in [4.69, 9.17) is 5.26 Å². The number of benzene rings is 1. The fourth-order valence-electron chi connectivity index (χ4n) is 2.02. The van der Waals surface area contributed by atoms with E-state index in [-0.39, 0.29) is 0 Å². The summed E-state index contributed by atoms with van der Waals surface area (Å²) in [6.07, 6.45) is 1.63. The van der Waals surface area contributed by atoms with Crippen LogP contribution in [0.4, 0.5) is 0 Å². The second-order valence-electron chi connectivity index (χ2n) is 4.11. The second-order valence-corrected chi connectivity index (χ2v) is 5.11. The highest BCUT2D eigenvalue weighted by molar-refractivity contribution is 7.22. The van der Waals surface area contributed by atoms with E-state index < -0.39 is 0 Å². The summed E-state index contributed by atoms with van der Waals surface area (Å²) in [6, 6.07) is 14.3. The third-order valence-corrected chi connectivity index (χ3v) is 4.22. The van der Waals surface area contributed by atoms with Gasteiger partial charge in [-0.2, -0.15) is 5.26 Å². The number of aryl methyl sites for hydroxylation is 1. The highest BCUT2D eigenvalue weighted by Gasteiger charge is 2.11. The van der Waals surface area contributed by atoms with Crippen LogP contribution in [0, 0.1) is 18.3 Å². The summed E-state index contributed by atoms with van der Waals surface area (Å²) in [5, 5.41) is 10.0. The molecule has 0 radical (unpaired) electrons. The highest BCUT2D eigenvalue weighted by Crippen LogP contribution is 2.37. The molecule has 18 heavy (non-hydrogen) atoms. The molecule has 0 amide bonds. The predicted octanol–water partition coefficient (Wildman–Crippen LogP) is 4.14. The van der Waals surface area contributed by atoms with E-state index in [9.17, 15) is 0 Å². The second kappa shape index (κ2) is 4.25. The number of hydrogen-bond acceptors (Lipinski definition) is 3. The highest BCUT2D eigenvalue weighted by atomic mass is 32.1. The van der Waals surface area contributed by atoms with Gasteiger partial charge in [0.25, 0.3) is 0 Å². The van der Waals surface area contributed by atoms with Crippen LogP contribution in [-0.2, 0) is 0 Å². The average molecular weight is 250 g/mol. The first kappa shape index (κ1) is 10.9. The normalized spacial score (nSPS) is 10.4. The monoisotopic (exact) mass is 250 g/mol. The quantitative estimate of drug-likeness (QED) is 0.650. The summed E-state index contributed by atoms with van der Waals surface area (Å²) in [4.78, 5) is 6.58. The smallest absolute Gasteiger partial charge is 0.124 e. The van der Waals surface area contributed by atoms with Crippen LogP contribution in [0.25, 0.3) is 20.7 Å². The standard InChI is InChI=1S/C15H10N2S/c1-10-13-7-11(8-16)9-17-15(13)18-14(10)12-5-3-2-4-6-12/h2-7,9H,1H3. The number of nitriles is 1. The number of nitrogens with zero attached hydrogens (tertiary/aromatic N) is 2. The fourth-order valence-corrected chi connectivity index (χ4v) is 3.16. The van der Waals surface area contributed by atoms with Gasteiger partial charge in [0.15, 0.2) is 0 Å². The van der Waals surface area contributed by atoms with Crippen molar-refractivity contribution in [2.24, 2.45) is 0 Å². The molecule has 0 saturated heterocycles. The number of rotatable bonds is 1. The Morgan fingerprint density at radius 3 is 2.72 bits per heavy atom. The van der Waals surface area contributed by atoms with Gasteiger partial charge in [0.1, 0.15) is 10.9 Å². The van der Waals surface area contributed by atoms with Crippen molar-refractivity contribution in [2.75, 3.05) is 0 Å². The number of thiophene rings is 1. The molecule has 0 unspecified atom stereocenters. The number of pyridine rings is 1. The molecular weight excluding hydrogens is 240 g/mol. The summed E-state index contributed by atoms with van der Waals surface area (Å²) in [5.74, 6) is 0. The molecule has 0 fully saturated rings. The predicted molar refractivity (Wildman–Crippen MR) is 74.5 cm³/mol. The summed E-state index contributed by atoms with van der Waals surface area (Å²) in [6.45, 7) is 2.09. The van der Waals surface area contributed by atoms with Gasteiger partial charge >= 0.3 is 0 Å². The summed E-state index contributed by atoms with van der Waals surface area (Å²) in [5.41, 5.74) is 3.02. The number of aromatic nitrogens is 1. The zero-order chi connectivity index (χ0) is 12.5. The first-order valence-electron chi connectivity index (χ1n) is 5.64. The molecule has 2 aromatic heterocycles. The molecule has 1 aromatic carbocycles. The van der Waals surface area contributed by atoms with Gasteiger partial charge in [-0.1, -0.05) is 30.3 Å². The molecule has 0 aliphatic rings. The maximum absolute atomic E-state index is 8.93. The molecule has 0 aliphatic heterocycles. The van der Waals surface area contributed by atoms with E-state index in [0.29, 0.717) is 5.56 Å². The minimum absolute atomic E-state index is 0.614. The topological polar surface area (TPSA) is 36.7 Å². The van der Waals surface area contributed by atoms with Crippen molar-refractivity contribution in [3.8, 4) is 16.5 Å². The molecule has 86 valence electrons. The molecule has 0 spiro atoms. The van der Waals surface area contributed by atoms with Crippen LogP contribution in [0.3, 0.4) is 0 Å². The largest absolute Gasteiger partial charge is 0.244 e. The lowest BCUT2D eigenvalue weighted by Gasteiger charge is -1.98. The van der Waals surface area contributed by atoms with Crippen molar-refractivity contribution >= 4 is 21.6 Å². The van der Waals surface area contributed by atoms with Crippen molar-refractivity contribution in [3.05, 3.63) is 53.7 Å². The Kier molecular flexibility index (Phi) is 2.58. The Morgan fingerprint density at radius 2 is 2.00 bits per heavy atom. The van der Waals surface area contributed by atoms with Gasteiger partial charge in [0.05, 0.1) is 5.56 Å². The molecule has 3 rings (SSSR count). The van der Waals surface area contributed by atoms with Crippen LogP contribution in [0.2, 0.25) is 0 Å². The SMILES string of the molecule is Cc1c(-c2ccccc2)sc2ncc(C#N)cc12. The molecule has 3 aromatic rings. The zero-order valence-electron chi connectivity index (χ0n) is 9.84. The van der Waals surface area contributed by atoms with Crippen molar-refractivity contribution in [3.63, 3.8) is 0 Å². The van der Waals surface area contributed by atoms with Crippen molar-refractivity contribution in [1.82, 2.24) is 4.98 Å². The molecule has 0 saturated carbocycles. The molecule has 3 heteroatoms. The molecule has 2 nitrogen and oxygen atoms in total. The van der Waals surface area contributed by atoms with Crippen molar-refractivity contribution < 1.29 is 0 Å². The van der Waals surface area contributed by atoms with Gasteiger partial charge in [-0.15, -0.1) is 11.3 Å². The maximum Gasteiger partial charge on any atom is 0.124 e. The van der Waals surface area contributed by atoms with Crippen LogP contribution in [0.15, 0.2) is 42.6 Å². The fraction of sp³-hybridized carbons (Fsp3) is 0.0667. The lowest BCUT2D eigenvalue weighted by molar-refractivity contribution is 1.39. The van der Waals surface area contributed by atoms with Crippen LogP contribution >= 0.6 is 11.3 Å². The summed E-state index contributed by atoms with van der Waals surface area (Å²) >= 11 is 1.68. The molecule has 0 atom stereocenters. The van der Waals surface area contributed by atoms with E-state index in [1.54, 1.807) is 17.5 Å². The Bertz CT molecular complexity index is 751. The van der Waals surface area contributed by atoms with Crippen molar-refractivity contribution in [1.29, 1.82) is 5.26 Å². The van der Waals surface area contributed by atoms with Gasteiger partial charge in [0.2, 0.25) is 0 Å². The first-order chi connectivity index (χ1) is 8.79. The van der Waals surface area contributed by atoms with E-state index >= 15 is 0 Å². The number of hydrogen-bond donors (Lipinski definition) is 0. The Morgan fingerprint density at radius 1 is 1.22 bits per heavy atom. The zero-order valence-corrected chi connectivity index (χ0v) is 10.7. The minimum Gasteiger partial charge on any atom is -0.244 e. The first-order valence-corrected chi connectivity index (χ1v) is 6.46. The summed E-state index contributed by atoms with van der Waals surface area (Å²) in [7, 11) is 0. The van der Waals surface area contributed by atoms with Crippen molar-refractivity contribution in [2.45, 2.75) is 6.92 Å². The average Bonchev–Trinajstić information content (AvgIpc) is 2.77. The van der Waals surface area contributed by atoms with Gasteiger partial charge in [-0.25, -0.2) is 4.98 Å². The van der Waals surface area contributed by atoms with E-state index in [2.05, 4.69) is 30.1 Å². The van der Waals surface area contributed by atoms with E-state index in [0.717, 1.165) is 10.2 Å². The van der Waals surface area contributed by atoms with Crippen LogP contribution in [0.5, 0.6) is 0 Å². The maximum atomic E-state index is 8.93. The van der Waals surface area contributed by atoms with Gasteiger partial charge in [-0.3, -0.25) is 0 Å². The molecule has 0 bridgehead atoms. The molecule has 2 heterocycles. The summed E-state index contributed by atoms with van der Waals surface area (Å²) < 4.78 is 0. The molecule has 0 N–H and O–H groups in total. The Balaban J connectivity index is 2.27. The lowest BCUT2D eigenvalue weighted by Crippen LogP contribution is -1.79. The van der Waals surface area contributed by atoms with Crippen LogP contribution in [-0.4, -0.2) is 4.98 Å². The Labute approximate surface area is 109 Å². The van der Waals surface area contributed by atoms with Crippen LogP contribution in [0.1, 0.15) is 11.1 Å². The third kappa shape index (κ3) is 1.68. The van der Waals surface area contributed by atoms with Gasteiger partial charge < -0.3 is 0 Å². The third-order valence-electron chi connectivity index (χ3n) is 2.96. The Hall–Kier alpha value is -2.18. The van der Waals surface area contributed by atoms with Gasteiger partial charge in [-0.05, 0) is 24.1 Å². The molecule has 0 aliphatic carbocycles.